The van der Waals surface area contributed by atoms with Gasteiger partial charge in [0.2, 0.25) is 0 Å². The number of carbonyl (C=O) groups excluding carboxylic acids is 1. The summed E-state index contributed by atoms with van der Waals surface area (Å²) in [4.78, 5) is 11.1. The van der Waals surface area contributed by atoms with Crippen LogP contribution in [0, 0.1) is 0 Å². The summed E-state index contributed by atoms with van der Waals surface area (Å²) < 4.78 is 47.3. The first-order chi connectivity index (χ1) is 8.88. The average molecular weight is 274 g/mol. The second kappa shape index (κ2) is 6.26. The van der Waals surface area contributed by atoms with Crippen LogP contribution in [-0.2, 0) is 15.7 Å². The predicted octanol–water partition coefficient (Wildman–Crippen LogP) is 3.29. The Morgan fingerprint density at radius 3 is 2.58 bits per heavy atom. The third-order valence-corrected chi connectivity index (χ3v) is 2.24. The number of hydrogen-bond donors (Lipinski definition) is 0. The monoisotopic (exact) mass is 274 g/mol. The van der Waals surface area contributed by atoms with Crippen molar-refractivity contribution < 1.29 is 27.4 Å². The lowest BCUT2D eigenvalue weighted by Crippen LogP contribution is -2.05. The zero-order valence-corrected chi connectivity index (χ0v) is 10.5. The largest absolute Gasteiger partial charge is 0.496 e. The smallest absolute Gasteiger partial charge is 0.416 e. The maximum Gasteiger partial charge on any atom is 0.416 e. The van der Waals surface area contributed by atoms with Crippen molar-refractivity contribution in [2.45, 2.75) is 13.1 Å². The van der Waals surface area contributed by atoms with Crippen molar-refractivity contribution in [1.29, 1.82) is 0 Å². The van der Waals surface area contributed by atoms with Gasteiger partial charge in [0.05, 0.1) is 19.3 Å². The summed E-state index contributed by atoms with van der Waals surface area (Å²) in [6.07, 6.45) is -2.16. The van der Waals surface area contributed by atoms with Gasteiger partial charge in [-0.3, -0.25) is 0 Å². The molecular formula is C13H13F3O3. The number of methoxy groups -OCH3 is 1. The van der Waals surface area contributed by atoms with Gasteiger partial charge in [-0.25, -0.2) is 4.79 Å². The van der Waals surface area contributed by atoms with Crippen LogP contribution in [0.3, 0.4) is 0 Å². The summed E-state index contributed by atoms with van der Waals surface area (Å²) in [6, 6.07) is 3.03. The van der Waals surface area contributed by atoms with Gasteiger partial charge >= 0.3 is 12.1 Å². The Hall–Kier alpha value is -1.98. The first kappa shape index (κ1) is 15.1. The Morgan fingerprint density at radius 2 is 2.05 bits per heavy atom. The van der Waals surface area contributed by atoms with Crippen molar-refractivity contribution in [3.8, 4) is 5.75 Å². The first-order valence-electron chi connectivity index (χ1n) is 5.48. The number of rotatable bonds is 4. The zero-order valence-electron chi connectivity index (χ0n) is 10.5. The van der Waals surface area contributed by atoms with Crippen LogP contribution in [0.15, 0.2) is 24.3 Å². The molecule has 1 aromatic rings. The lowest BCUT2D eigenvalue weighted by atomic mass is 10.1. The molecule has 0 fully saturated rings. The topological polar surface area (TPSA) is 35.5 Å². The van der Waals surface area contributed by atoms with Gasteiger partial charge in [-0.2, -0.15) is 13.2 Å². The highest BCUT2D eigenvalue weighted by Gasteiger charge is 2.30. The molecule has 19 heavy (non-hydrogen) atoms. The molecule has 0 atom stereocenters. The SMILES string of the molecule is CCOC(=O)/C=C/c1cc(C(F)(F)F)ccc1OC. The van der Waals surface area contributed by atoms with Crippen molar-refractivity contribution in [2.24, 2.45) is 0 Å². The van der Waals surface area contributed by atoms with E-state index in [1.807, 2.05) is 0 Å². The molecular weight excluding hydrogens is 261 g/mol. The average Bonchev–Trinajstić information content (AvgIpc) is 2.35. The highest BCUT2D eigenvalue weighted by atomic mass is 19.4. The van der Waals surface area contributed by atoms with Gasteiger partial charge < -0.3 is 9.47 Å². The third kappa shape index (κ3) is 4.31. The van der Waals surface area contributed by atoms with Gasteiger partial charge in [0.15, 0.2) is 0 Å². The maximum absolute atomic E-state index is 12.6. The van der Waals surface area contributed by atoms with Crippen LogP contribution >= 0.6 is 0 Å². The van der Waals surface area contributed by atoms with Crippen LogP contribution in [-0.4, -0.2) is 19.7 Å². The molecule has 0 aliphatic carbocycles. The second-order valence-corrected chi connectivity index (χ2v) is 3.54. The lowest BCUT2D eigenvalue weighted by Gasteiger charge is -2.10. The molecule has 0 saturated carbocycles. The van der Waals surface area contributed by atoms with Crippen LogP contribution in [0.1, 0.15) is 18.1 Å². The molecule has 0 aromatic heterocycles. The van der Waals surface area contributed by atoms with Gasteiger partial charge in [0.1, 0.15) is 5.75 Å². The standard InChI is InChI=1S/C13H13F3O3/c1-3-19-12(17)7-4-9-8-10(13(14,15)16)5-6-11(9)18-2/h4-8H,3H2,1-2H3/b7-4+. The van der Waals surface area contributed by atoms with Crippen molar-refractivity contribution in [3.05, 3.63) is 35.4 Å². The second-order valence-electron chi connectivity index (χ2n) is 3.54. The molecule has 0 unspecified atom stereocenters. The van der Waals surface area contributed by atoms with Crippen molar-refractivity contribution >= 4 is 12.0 Å². The van der Waals surface area contributed by atoms with Crippen molar-refractivity contribution in [1.82, 2.24) is 0 Å². The number of halogens is 3. The minimum Gasteiger partial charge on any atom is -0.496 e. The number of carbonyl (C=O) groups is 1. The molecule has 3 nitrogen and oxygen atoms in total. The summed E-state index contributed by atoms with van der Waals surface area (Å²) in [7, 11) is 1.34. The van der Waals surface area contributed by atoms with E-state index in [4.69, 9.17) is 4.74 Å². The third-order valence-electron chi connectivity index (χ3n) is 2.24. The van der Waals surface area contributed by atoms with Crippen LogP contribution in [0.4, 0.5) is 13.2 Å². The van der Waals surface area contributed by atoms with E-state index < -0.39 is 17.7 Å². The van der Waals surface area contributed by atoms with E-state index >= 15 is 0 Å². The van der Waals surface area contributed by atoms with Crippen molar-refractivity contribution in [3.63, 3.8) is 0 Å². The van der Waals surface area contributed by atoms with Gasteiger partial charge in [0, 0.05) is 11.6 Å². The molecule has 104 valence electrons. The zero-order chi connectivity index (χ0) is 14.5. The number of alkyl halides is 3. The first-order valence-corrected chi connectivity index (χ1v) is 5.48. The molecule has 6 heteroatoms. The van der Waals surface area contributed by atoms with E-state index in [0.717, 1.165) is 18.2 Å². The summed E-state index contributed by atoms with van der Waals surface area (Å²) in [5.74, 6) is -0.379. The highest BCUT2D eigenvalue weighted by Crippen LogP contribution is 2.32. The summed E-state index contributed by atoms with van der Waals surface area (Å²) in [6.45, 7) is 1.83. The van der Waals surface area contributed by atoms with E-state index in [1.54, 1.807) is 6.92 Å². The van der Waals surface area contributed by atoms with Gasteiger partial charge in [-0.1, -0.05) is 0 Å². The van der Waals surface area contributed by atoms with E-state index in [1.165, 1.54) is 19.3 Å². The van der Waals surface area contributed by atoms with E-state index in [-0.39, 0.29) is 17.9 Å². The molecule has 0 aliphatic heterocycles. The normalized spacial score (nSPS) is 11.6. The molecule has 1 aromatic carbocycles. The number of esters is 1. The van der Waals surface area contributed by atoms with Crippen LogP contribution in [0.25, 0.3) is 6.08 Å². The molecule has 0 saturated heterocycles. The van der Waals surface area contributed by atoms with E-state index in [0.29, 0.717) is 0 Å². The summed E-state index contributed by atoms with van der Waals surface area (Å²) in [5, 5.41) is 0. The lowest BCUT2D eigenvalue weighted by molar-refractivity contribution is -0.138. The van der Waals surface area contributed by atoms with E-state index in [2.05, 4.69) is 4.74 Å². The minimum atomic E-state index is -4.45. The Balaban J connectivity index is 3.06. The fourth-order valence-corrected chi connectivity index (χ4v) is 1.39. The highest BCUT2D eigenvalue weighted by molar-refractivity contribution is 5.87. The molecule has 0 aliphatic rings. The Labute approximate surface area is 108 Å². The number of hydrogen-bond acceptors (Lipinski definition) is 3. The van der Waals surface area contributed by atoms with Gasteiger partial charge in [0.25, 0.3) is 0 Å². The Morgan fingerprint density at radius 1 is 1.37 bits per heavy atom. The molecule has 1 rings (SSSR count). The number of ether oxygens (including phenoxy) is 2. The Kier molecular flexibility index (Phi) is 4.97. The number of benzene rings is 1. The van der Waals surface area contributed by atoms with Gasteiger partial charge in [-0.05, 0) is 31.2 Å². The van der Waals surface area contributed by atoms with Crippen LogP contribution < -0.4 is 4.74 Å². The van der Waals surface area contributed by atoms with E-state index in [9.17, 15) is 18.0 Å². The molecule has 0 radical (unpaired) electrons. The summed E-state index contributed by atoms with van der Waals surface area (Å²) in [5.41, 5.74) is -0.651. The Bertz CT molecular complexity index is 479. The molecule has 0 spiro atoms. The quantitative estimate of drug-likeness (QED) is 0.624. The fourth-order valence-electron chi connectivity index (χ4n) is 1.39. The predicted molar refractivity (Wildman–Crippen MR) is 63.7 cm³/mol. The molecule has 0 amide bonds. The van der Waals surface area contributed by atoms with Crippen molar-refractivity contribution in [2.75, 3.05) is 13.7 Å². The summed E-state index contributed by atoms with van der Waals surface area (Å²) >= 11 is 0. The van der Waals surface area contributed by atoms with Crippen LogP contribution in [0.5, 0.6) is 5.75 Å². The van der Waals surface area contributed by atoms with Gasteiger partial charge in [-0.15, -0.1) is 0 Å². The molecule has 0 N–H and O–H groups in total. The fraction of sp³-hybridized carbons (Fsp3) is 0.308. The molecule has 0 heterocycles. The molecule has 0 bridgehead atoms. The van der Waals surface area contributed by atoms with Crippen LogP contribution in [0.2, 0.25) is 0 Å². The minimum absolute atomic E-state index is 0.158. The maximum atomic E-state index is 12.6.